The van der Waals surface area contributed by atoms with Gasteiger partial charge in [-0.1, -0.05) is 0 Å². The summed E-state index contributed by atoms with van der Waals surface area (Å²) in [6.45, 7) is 3.87. The Morgan fingerprint density at radius 2 is 1.86 bits per heavy atom. The second-order valence-corrected chi connectivity index (χ2v) is 12.0. The Morgan fingerprint density at radius 3 is 2.18 bits per heavy atom. The fourth-order valence-electron chi connectivity index (χ4n) is 3.50. The molecule has 10 heteroatoms. The van der Waals surface area contributed by atoms with Gasteiger partial charge in [-0.2, -0.15) is 0 Å². The summed E-state index contributed by atoms with van der Waals surface area (Å²) in [4.78, 5) is 12.4. The summed E-state index contributed by atoms with van der Waals surface area (Å²) in [5.41, 5.74) is -5.00. The summed E-state index contributed by atoms with van der Waals surface area (Å²) >= 11 is 0.506. The third-order valence-electron chi connectivity index (χ3n) is 5.00. The van der Waals surface area contributed by atoms with Gasteiger partial charge in [-0.15, -0.1) is 0 Å². The predicted octanol–water partition coefficient (Wildman–Crippen LogP) is 2.26. The molecule has 5 nitrogen and oxygen atoms in total. The zero-order valence-electron chi connectivity index (χ0n) is 12.1. The topological polar surface area (TPSA) is 90.4 Å². The SMILES string of the molecule is CC1CC(C)C1(OC(=O)C(I)C12NI1N2)C(C)(O)C(F)(F)F. The Hall–Kier alpha value is 0.600. The number of fused-ring (bicyclic) bond motifs is 1. The van der Waals surface area contributed by atoms with Crippen LogP contribution in [0.25, 0.3) is 0 Å². The molecule has 0 spiro atoms. The second-order valence-electron chi connectivity index (χ2n) is 6.37. The van der Waals surface area contributed by atoms with Gasteiger partial charge in [0.2, 0.25) is 0 Å². The first-order chi connectivity index (χ1) is 9.90. The van der Waals surface area contributed by atoms with Crippen molar-refractivity contribution in [2.45, 2.75) is 52.2 Å². The van der Waals surface area contributed by atoms with Crippen LogP contribution in [0.2, 0.25) is 0 Å². The molecule has 2 heterocycles. The number of hydrogen-bond donors (Lipinski definition) is 3. The molecule has 128 valence electrons. The second kappa shape index (κ2) is 4.82. The van der Waals surface area contributed by atoms with Crippen molar-refractivity contribution in [3.63, 3.8) is 0 Å². The van der Waals surface area contributed by atoms with E-state index in [2.05, 4.69) is 7.06 Å². The number of halogens is 5. The van der Waals surface area contributed by atoms with Gasteiger partial charge in [0.1, 0.15) is 0 Å². The van der Waals surface area contributed by atoms with E-state index in [1.54, 1.807) is 13.8 Å². The van der Waals surface area contributed by atoms with E-state index < -0.39 is 59.5 Å². The van der Waals surface area contributed by atoms with Gasteiger partial charge in [-0.3, -0.25) is 0 Å². The van der Waals surface area contributed by atoms with Crippen molar-refractivity contribution in [3.8, 4) is 0 Å². The van der Waals surface area contributed by atoms with Crippen molar-refractivity contribution in [2.75, 3.05) is 0 Å². The van der Waals surface area contributed by atoms with Gasteiger partial charge in [0.15, 0.2) is 0 Å². The number of alkyl halides is 5. The van der Waals surface area contributed by atoms with Crippen LogP contribution in [0, 0.1) is 11.8 Å². The molecule has 1 aliphatic carbocycles. The Balaban J connectivity index is 1.86. The summed E-state index contributed by atoms with van der Waals surface area (Å²) in [5, 5.41) is 10.2. The molecule has 3 aliphatic rings. The van der Waals surface area contributed by atoms with E-state index in [1.807, 2.05) is 22.6 Å². The maximum absolute atomic E-state index is 13.3. The molecule has 0 aromatic heterocycles. The molecular weight excluding hydrogens is 531 g/mol. The van der Waals surface area contributed by atoms with E-state index >= 15 is 0 Å². The standard InChI is InChI=1S/C12H17F3I2N2O3/c1-5-4-6(2)10(5,9(3,21)12(13,14)15)22-8(20)7(16)11-17(18-11)19-11/h5-7,18-19,21H,4H2,1-3H3. The van der Waals surface area contributed by atoms with E-state index in [-0.39, 0.29) is 3.67 Å². The Bertz CT molecular complexity index is 514. The van der Waals surface area contributed by atoms with Gasteiger partial charge in [0.25, 0.3) is 0 Å². The normalized spacial score (nSPS) is 40.8. The fourth-order valence-corrected chi connectivity index (χ4v) is 10.9. The summed E-state index contributed by atoms with van der Waals surface area (Å²) in [5.74, 6) is -1.81. The van der Waals surface area contributed by atoms with Crippen LogP contribution in [0.5, 0.6) is 0 Å². The molecule has 3 fully saturated rings. The van der Waals surface area contributed by atoms with Crippen molar-refractivity contribution in [1.29, 1.82) is 0 Å². The molecule has 3 N–H and O–H groups in total. The van der Waals surface area contributed by atoms with E-state index in [9.17, 15) is 23.1 Å². The number of esters is 1. The van der Waals surface area contributed by atoms with Gasteiger partial charge in [0, 0.05) is 0 Å². The zero-order valence-corrected chi connectivity index (χ0v) is 16.4. The van der Waals surface area contributed by atoms with Crippen molar-refractivity contribution in [3.05, 3.63) is 0 Å². The van der Waals surface area contributed by atoms with Crippen molar-refractivity contribution < 1.29 is 27.8 Å². The minimum atomic E-state index is -4.87. The monoisotopic (exact) mass is 548 g/mol. The van der Waals surface area contributed by atoms with Crippen LogP contribution in [-0.2, 0) is 9.53 Å². The van der Waals surface area contributed by atoms with Gasteiger partial charge < -0.3 is 0 Å². The molecule has 0 aromatic rings. The van der Waals surface area contributed by atoms with Crippen LogP contribution < -0.4 is 7.06 Å². The van der Waals surface area contributed by atoms with Crippen LogP contribution in [0.15, 0.2) is 0 Å². The summed E-state index contributed by atoms with van der Waals surface area (Å²) in [7, 11) is 0. The third kappa shape index (κ3) is 2.09. The van der Waals surface area contributed by atoms with Gasteiger partial charge >= 0.3 is 148 Å². The first kappa shape index (κ1) is 17.4. The Kier molecular flexibility index (Phi) is 3.82. The molecule has 22 heavy (non-hydrogen) atoms. The van der Waals surface area contributed by atoms with E-state index in [0.29, 0.717) is 13.3 Å². The number of carbonyl (C=O) groups is 1. The number of rotatable bonds is 4. The molecule has 1 saturated carbocycles. The van der Waals surface area contributed by atoms with E-state index in [0.717, 1.165) is 0 Å². The van der Waals surface area contributed by atoms with Crippen LogP contribution in [0.4, 0.5) is 13.2 Å². The Labute approximate surface area is 147 Å². The van der Waals surface area contributed by atoms with Crippen molar-refractivity contribution in [1.82, 2.24) is 7.06 Å². The number of ether oxygens (including phenoxy) is 1. The maximum atomic E-state index is 13.3. The first-order valence-corrected chi connectivity index (χ1v) is 11.3. The molecule has 0 bridgehead atoms. The van der Waals surface area contributed by atoms with Crippen LogP contribution in [0.1, 0.15) is 27.2 Å². The van der Waals surface area contributed by atoms with Crippen LogP contribution in [-0.4, -0.2) is 36.0 Å². The van der Waals surface area contributed by atoms with Crippen LogP contribution in [0.3, 0.4) is 0 Å². The molecule has 0 aromatic carbocycles. The molecule has 3 rings (SSSR count). The summed E-state index contributed by atoms with van der Waals surface area (Å²) in [6, 6.07) is 0. The predicted molar refractivity (Wildman–Crippen MR) is 89.3 cm³/mol. The van der Waals surface area contributed by atoms with E-state index in [1.165, 1.54) is 0 Å². The number of aliphatic hydroxyl groups is 1. The number of nitrogens with one attached hydrogen (secondary N) is 2. The van der Waals surface area contributed by atoms with Gasteiger partial charge in [-0.05, 0) is 0 Å². The van der Waals surface area contributed by atoms with Crippen molar-refractivity contribution in [2.24, 2.45) is 11.8 Å². The van der Waals surface area contributed by atoms with Gasteiger partial charge in [-0.25, -0.2) is 0 Å². The number of hydrogen-bond acceptors (Lipinski definition) is 5. The average molecular weight is 548 g/mol. The third-order valence-corrected chi connectivity index (χ3v) is 12.2. The fraction of sp³-hybridized carbons (Fsp3) is 0.917. The Morgan fingerprint density at radius 1 is 1.41 bits per heavy atom. The number of carbonyl (C=O) groups excluding carboxylic acids is 1. The zero-order chi connectivity index (χ0) is 16.7. The molecule has 0 radical (unpaired) electrons. The molecule has 2 saturated heterocycles. The van der Waals surface area contributed by atoms with Gasteiger partial charge in [0.05, 0.1) is 0 Å². The molecule has 0 amide bonds. The quantitative estimate of drug-likeness (QED) is 0.125. The summed E-state index contributed by atoms with van der Waals surface area (Å²) in [6.07, 6.45) is -4.39. The molecular formula is C12H17F3I2N2O3. The minimum absolute atomic E-state index is 0.372. The molecule has 2 aliphatic heterocycles. The van der Waals surface area contributed by atoms with E-state index in [4.69, 9.17) is 4.74 Å². The molecule has 4 unspecified atom stereocenters. The van der Waals surface area contributed by atoms with Crippen LogP contribution >= 0.6 is 43.0 Å². The first-order valence-electron chi connectivity index (χ1n) is 6.81. The van der Waals surface area contributed by atoms with Crippen molar-refractivity contribution >= 4 is 48.9 Å². The summed E-state index contributed by atoms with van der Waals surface area (Å²) < 4.78 is 50.8. The average Bonchev–Trinajstić information content (AvgIpc) is 3.21. The molecule has 4 atom stereocenters.